The number of aromatic hydroxyl groups is 1. The number of phenols is 1. The number of nitrogens with zero attached hydrogens (tertiary/aromatic N) is 4. The molecule has 1 heterocycles. The summed E-state index contributed by atoms with van der Waals surface area (Å²) in [5.41, 5.74) is 8.55. The van der Waals surface area contributed by atoms with Crippen LogP contribution in [0.3, 0.4) is 0 Å². The number of phenolic OH excluding ortho intramolecular Hbond substituents is 1. The molecular weight excluding hydrogens is 582 g/mol. The summed E-state index contributed by atoms with van der Waals surface area (Å²) >= 11 is 0. The van der Waals surface area contributed by atoms with Gasteiger partial charge in [-0.1, -0.05) is 60.2 Å². The fourth-order valence-corrected chi connectivity index (χ4v) is 4.82. The van der Waals surface area contributed by atoms with E-state index < -0.39 is 17.6 Å². The van der Waals surface area contributed by atoms with Gasteiger partial charge in [0.2, 0.25) is 0 Å². The standard InChI is InChI=1S/C35H27N7O4/c1-21-12-15-25(16-13-21)38-34(45)22-14-17-27-23(18-22)19-28(35(46)39-24-8-4-2-5-9-24)31(43)30(27)40-41-33-29(32(36)44)20-37-42(33)26-10-6-3-7-11-26/h2-20,43H,1H3,(H2,36,44)(H,38,45)(H,39,46)/b41-40+. The van der Waals surface area contributed by atoms with Gasteiger partial charge in [0, 0.05) is 22.3 Å². The molecule has 0 bridgehead atoms. The molecule has 6 aromatic rings. The predicted molar refractivity (Wildman–Crippen MR) is 175 cm³/mol. The molecule has 3 amide bonds. The molecule has 1 aromatic heterocycles. The highest BCUT2D eigenvalue weighted by Crippen LogP contribution is 2.40. The van der Waals surface area contributed by atoms with Gasteiger partial charge in [0.25, 0.3) is 17.7 Å². The van der Waals surface area contributed by atoms with E-state index in [4.69, 9.17) is 5.73 Å². The Balaban J connectivity index is 1.46. The van der Waals surface area contributed by atoms with Crippen molar-refractivity contribution in [3.8, 4) is 11.4 Å². The van der Waals surface area contributed by atoms with Gasteiger partial charge in [-0.2, -0.15) is 5.10 Å². The number of nitrogens with two attached hydrogens (primary N) is 1. The maximum atomic E-state index is 13.4. The van der Waals surface area contributed by atoms with Gasteiger partial charge in [0.1, 0.15) is 11.3 Å². The summed E-state index contributed by atoms with van der Waals surface area (Å²) in [4.78, 5) is 38.9. The molecule has 5 aromatic carbocycles. The molecular formula is C35H27N7O4. The predicted octanol–water partition coefficient (Wildman–Crippen LogP) is 7.06. The van der Waals surface area contributed by atoms with E-state index in [0.717, 1.165) is 5.56 Å². The normalized spacial score (nSPS) is 11.1. The maximum absolute atomic E-state index is 13.4. The number of hydrogen-bond acceptors (Lipinski definition) is 7. The molecule has 0 saturated carbocycles. The van der Waals surface area contributed by atoms with Crippen molar-refractivity contribution in [3.05, 3.63) is 138 Å². The van der Waals surface area contributed by atoms with Crippen LogP contribution in [0.2, 0.25) is 0 Å². The van der Waals surface area contributed by atoms with Gasteiger partial charge in [-0.3, -0.25) is 14.4 Å². The second-order valence-corrected chi connectivity index (χ2v) is 10.4. The second kappa shape index (κ2) is 12.5. The number of rotatable bonds is 8. The molecule has 0 atom stereocenters. The Bertz CT molecular complexity index is 2120. The first-order valence-corrected chi connectivity index (χ1v) is 14.2. The minimum atomic E-state index is -0.773. The number of aryl methyl sites for hydroxylation is 1. The fourth-order valence-electron chi connectivity index (χ4n) is 4.82. The van der Waals surface area contributed by atoms with Crippen molar-refractivity contribution in [1.29, 1.82) is 0 Å². The molecule has 0 radical (unpaired) electrons. The lowest BCUT2D eigenvalue weighted by molar-refractivity contribution is 0.0996. The van der Waals surface area contributed by atoms with Crippen LogP contribution in [-0.2, 0) is 0 Å². The van der Waals surface area contributed by atoms with Crippen LogP contribution in [0.25, 0.3) is 16.5 Å². The van der Waals surface area contributed by atoms with Crippen molar-refractivity contribution in [3.63, 3.8) is 0 Å². The smallest absolute Gasteiger partial charge is 0.259 e. The van der Waals surface area contributed by atoms with Crippen LogP contribution in [-0.4, -0.2) is 32.6 Å². The monoisotopic (exact) mass is 609 g/mol. The number of amides is 3. The van der Waals surface area contributed by atoms with Crippen LogP contribution in [0.1, 0.15) is 36.6 Å². The number of carbonyl (C=O) groups excluding carboxylic acids is 3. The van der Waals surface area contributed by atoms with E-state index in [1.54, 1.807) is 78.9 Å². The number of carbonyl (C=O) groups is 3. The van der Waals surface area contributed by atoms with Crippen LogP contribution in [0.5, 0.6) is 5.75 Å². The maximum Gasteiger partial charge on any atom is 0.259 e. The average molecular weight is 610 g/mol. The molecule has 0 aliphatic carbocycles. The molecule has 11 nitrogen and oxygen atoms in total. The van der Waals surface area contributed by atoms with Crippen molar-refractivity contribution < 1.29 is 19.5 Å². The lowest BCUT2D eigenvalue weighted by Gasteiger charge is -2.13. The summed E-state index contributed by atoms with van der Waals surface area (Å²) < 4.78 is 1.39. The lowest BCUT2D eigenvalue weighted by Crippen LogP contribution is -2.13. The quantitative estimate of drug-likeness (QED) is 0.136. The Kier molecular flexibility index (Phi) is 8.03. The van der Waals surface area contributed by atoms with Crippen molar-refractivity contribution in [2.24, 2.45) is 16.0 Å². The third kappa shape index (κ3) is 6.06. The number of anilines is 2. The van der Waals surface area contributed by atoms with Crippen LogP contribution >= 0.6 is 0 Å². The molecule has 0 saturated heterocycles. The van der Waals surface area contributed by atoms with E-state index >= 15 is 0 Å². The van der Waals surface area contributed by atoms with Gasteiger partial charge in [0.05, 0.1) is 17.4 Å². The zero-order valence-electron chi connectivity index (χ0n) is 24.5. The third-order valence-electron chi connectivity index (χ3n) is 7.19. The average Bonchev–Trinajstić information content (AvgIpc) is 3.50. The molecule has 46 heavy (non-hydrogen) atoms. The molecule has 0 unspecified atom stereocenters. The van der Waals surface area contributed by atoms with Gasteiger partial charge >= 0.3 is 0 Å². The van der Waals surface area contributed by atoms with Crippen molar-refractivity contribution >= 4 is 51.4 Å². The number of para-hydroxylation sites is 2. The second-order valence-electron chi connectivity index (χ2n) is 10.4. The van der Waals surface area contributed by atoms with Gasteiger partial charge in [0.15, 0.2) is 11.6 Å². The number of hydrogen-bond donors (Lipinski definition) is 4. The zero-order valence-corrected chi connectivity index (χ0v) is 24.5. The Morgan fingerprint density at radius 1 is 0.761 bits per heavy atom. The van der Waals surface area contributed by atoms with Gasteiger partial charge in [-0.05, 0) is 66.9 Å². The summed E-state index contributed by atoms with van der Waals surface area (Å²) in [5, 5.41) is 30.8. The molecule has 0 spiro atoms. The van der Waals surface area contributed by atoms with E-state index in [2.05, 4.69) is 26.0 Å². The highest BCUT2D eigenvalue weighted by atomic mass is 16.3. The summed E-state index contributed by atoms with van der Waals surface area (Å²) in [6.45, 7) is 1.95. The molecule has 5 N–H and O–H groups in total. The number of fused-ring (bicyclic) bond motifs is 1. The lowest BCUT2D eigenvalue weighted by atomic mass is 10.00. The van der Waals surface area contributed by atoms with Crippen LogP contribution < -0.4 is 16.4 Å². The number of primary amides is 1. The molecule has 11 heteroatoms. The molecule has 6 rings (SSSR count). The molecule has 0 fully saturated rings. The summed E-state index contributed by atoms with van der Waals surface area (Å²) in [6, 6.07) is 31.4. The number of nitrogens with one attached hydrogen (secondary N) is 2. The molecule has 0 aliphatic rings. The highest BCUT2D eigenvalue weighted by Gasteiger charge is 2.21. The topological polar surface area (TPSA) is 164 Å². The fraction of sp³-hybridized carbons (Fsp3) is 0.0286. The molecule has 0 aliphatic heterocycles. The number of aromatic nitrogens is 2. The first kappa shape index (κ1) is 29.5. The molecule has 226 valence electrons. The van der Waals surface area contributed by atoms with E-state index in [1.165, 1.54) is 16.9 Å². The zero-order chi connectivity index (χ0) is 32.2. The van der Waals surface area contributed by atoms with E-state index in [-0.39, 0.29) is 28.5 Å². The Hall–Kier alpha value is -6.62. The van der Waals surface area contributed by atoms with E-state index in [1.807, 2.05) is 31.2 Å². The first-order valence-electron chi connectivity index (χ1n) is 14.2. The van der Waals surface area contributed by atoms with Gasteiger partial charge < -0.3 is 21.5 Å². The summed E-state index contributed by atoms with van der Waals surface area (Å²) in [6.07, 6.45) is 1.28. The van der Waals surface area contributed by atoms with E-state index in [0.29, 0.717) is 33.4 Å². The third-order valence-corrected chi connectivity index (χ3v) is 7.19. The number of benzene rings is 5. The Labute approximate surface area is 263 Å². The Morgan fingerprint density at radius 3 is 2.11 bits per heavy atom. The number of azo groups is 1. The van der Waals surface area contributed by atoms with Crippen LogP contribution in [0.15, 0.2) is 126 Å². The minimum absolute atomic E-state index is 0.00411. The van der Waals surface area contributed by atoms with Crippen LogP contribution in [0.4, 0.5) is 22.9 Å². The van der Waals surface area contributed by atoms with Crippen molar-refractivity contribution in [2.45, 2.75) is 6.92 Å². The van der Waals surface area contributed by atoms with Gasteiger partial charge in [-0.25, -0.2) is 4.68 Å². The first-order chi connectivity index (χ1) is 22.3. The SMILES string of the molecule is Cc1ccc(NC(=O)c2ccc3c(/N=N/c4c(C(N)=O)cnn4-c4ccccc4)c(O)c(C(=O)Nc4ccccc4)cc3c2)cc1. The van der Waals surface area contributed by atoms with E-state index in [9.17, 15) is 19.5 Å². The van der Waals surface area contributed by atoms with Crippen molar-refractivity contribution in [2.75, 3.05) is 10.6 Å². The summed E-state index contributed by atoms with van der Waals surface area (Å²) in [7, 11) is 0. The highest BCUT2D eigenvalue weighted by molar-refractivity contribution is 6.13. The van der Waals surface area contributed by atoms with Gasteiger partial charge in [-0.15, -0.1) is 10.2 Å². The largest absolute Gasteiger partial charge is 0.505 e. The Morgan fingerprint density at radius 2 is 1.41 bits per heavy atom. The van der Waals surface area contributed by atoms with Crippen LogP contribution in [0, 0.1) is 6.92 Å². The van der Waals surface area contributed by atoms with Crippen molar-refractivity contribution in [1.82, 2.24) is 9.78 Å². The minimum Gasteiger partial charge on any atom is -0.505 e. The summed E-state index contributed by atoms with van der Waals surface area (Å²) in [5.74, 6) is -2.17.